The van der Waals surface area contributed by atoms with Crippen LogP contribution in [0.5, 0.6) is 11.5 Å². The number of aliphatic carboxylic acids is 2. The smallest absolute Gasteiger partial charge is 0.266 e. The van der Waals surface area contributed by atoms with E-state index in [0.29, 0.717) is 23.7 Å². The molecule has 0 unspecified atom stereocenters. The lowest BCUT2D eigenvalue weighted by Gasteiger charge is -2.27. The number of ether oxygens (including phenoxy) is 2. The van der Waals surface area contributed by atoms with Crippen molar-refractivity contribution in [1.82, 2.24) is 4.90 Å². The lowest BCUT2D eigenvalue weighted by atomic mass is 10.1. The van der Waals surface area contributed by atoms with Crippen LogP contribution >= 0.6 is 24.0 Å². The number of carboxylic acids is 2. The molecule has 1 saturated heterocycles. The summed E-state index contributed by atoms with van der Waals surface area (Å²) >= 11 is 5.91. The van der Waals surface area contributed by atoms with E-state index in [1.165, 1.54) is 13.2 Å². The summed E-state index contributed by atoms with van der Waals surface area (Å²) in [6, 6.07) is 3.28. The number of carbonyl (C=O) groups excluding carboxylic acids is 3. The van der Waals surface area contributed by atoms with Crippen LogP contribution in [0, 0.1) is 0 Å². The third kappa shape index (κ3) is 4.77. The average molecular weight is 409 g/mol. The van der Waals surface area contributed by atoms with E-state index < -0.39 is 30.3 Å². The molecule has 0 radical (unpaired) electrons. The Hall–Kier alpha value is -2.59. The van der Waals surface area contributed by atoms with Gasteiger partial charge < -0.3 is 29.3 Å². The molecule has 144 valence electrons. The van der Waals surface area contributed by atoms with Crippen molar-refractivity contribution >= 4 is 52.2 Å². The zero-order valence-corrected chi connectivity index (χ0v) is 16.1. The zero-order valence-electron chi connectivity index (χ0n) is 14.4. The van der Waals surface area contributed by atoms with Gasteiger partial charge in [0, 0.05) is 12.4 Å². The van der Waals surface area contributed by atoms with Gasteiger partial charge in [-0.05, 0) is 30.7 Å². The van der Waals surface area contributed by atoms with Gasteiger partial charge in [-0.25, -0.2) is 0 Å². The van der Waals surface area contributed by atoms with Gasteiger partial charge in [-0.3, -0.25) is 9.69 Å². The van der Waals surface area contributed by atoms with Crippen LogP contribution in [-0.2, 0) is 14.4 Å². The van der Waals surface area contributed by atoms with E-state index >= 15 is 0 Å². The first kappa shape index (κ1) is 20.7. The number of methoxy groups -OCH3 is 1. The highest BCUT2D eigenvalue weighted by atomic mass is 32.2. The zero-order chi connectivity index (χ0) is 20.1. The van der Waals surface area contributed by atoms with Gasteiger partial charge in [0.1, 0.15) is 4.32 Å². The number of benzene rings is 1. The van der Waals surface area contributed by atoms with E-state index in [0.717, 1.165) is 16.7 Å². The van der Waals surface area contributed by atoms with Crippen molar-refractivity contribution in [3.63, 3.8) is 0 Å². The minimum Gasteiger partial charge on any atom is -0.550 e. The van der Waals surface area contributed by atoms with Gasteiger partial charge in [0.15, 0.2) is 11.5 Å². The van der Waals surface area contributed by atoms with Gasteiger partial charge in [0.25, 0.3) is 5.91 Å². The monoisotopic (exact) mass is 409 g/mol. The molecule has 1 aromatic rings. The van der Waals surface area contributed by atoms with Gasteiger partial charge >= 0.3 is 0 Å². The van der Waals surface area contributed by atoms with E-state index in [1.54, 1.807) is 18.2 Å². The molecule has 0 saturated carbocycles. The van der Waals surface area contributed by atoms with E-state index in [2.05, 4.69) is 0 Å². The Morgan fingerprint density at radius 3 is 2.59 bits per heavy atom. The second-order valence-electron chi connectivity index (χ2n) is 5.31. The Bertz CT molecular complexity index is 821. The quantitative estimate of drug-likeness (QED) is 0.415. The van der Waals surface area contributed by atoms with E-state index in [1.807, 2.05) is 6.92 Å². The predicted octanol–water partition coefficient (Wildman–Crippen LogP) is -0.446. The molecular formula is C17H15NO7S2-2. The van der Waals surface area contributed by atoms with Crippen LogP contribution in [0.1, 0.15) is 18.9 Å². The van der Waals surface area contributed by atoms with E-state index in [-0.39, 0.29) is 9.23 Å². The fourth-order valence-corrected chi connectivity index (χ4v) is 3.74. The Labute approximate surface area is 164 Å². The van der Waals surface area contributed by atoms with Crippen molar-refractivity contribution < 1.29 is 34.1 Å². The third-order valence-corrected chi connectivity index (χ3v) is 4.88. The molecule has 0 aromatic heterocycles. The number of amides is 1. The average Bonchev–Trinajstić information content (AvgIpc) is 2.87. The number of carbonyl (C=O) groups is 3. The molecule has 0 bridgehead atoms. The first-order valence-corrected chi connectivity index (χ1v) is 8.99. The molecule has 1 amide bonds. The minimum absolute atomic E-state index is 0.0698. The molecule has 8 nitrogen and oxygen atoms in total. The maximum atomic E-state index is 12.6. The fraction of sp³-hybridized carbons (Fsp3) is 0.294. The molecule has 1 aliphatic rings. The van der Waals surface area contributed by atoms with Gasteiger partial charge in [-0.15, -0.1) is 0 Å². The van der Waals surface area contributed by atoms with Crippen molar-refractivity contribution in [1.29, 1.82) is 0 Å². The topological polar surface area (TPSA) is 119 Å². The third-order valence-electron chi connectivity index (χ3n) is 3.55. The maximum Gasteiger partial charge on any atom is 0.266 e. The number of hydrogen-bond acceptors (Lipinski definition) is 9. The Balaban J connectivity index is 2.32. The van der Waals surface area contributed by atoms with Crippen LogP contribution in [0.15, 0.2) is 23.1 Å². The summed E-state index contributed by atoms with van der Waals surface area (Å²) in [5.41, 5.74) is 0.598. The summed E-state index contributed by atoms with van der Waals surface area (Å²) in [5, 5.41) is 22.0. The lowest BCUT2D eigenvalue weighted by molar-refractivity contribution is -0.319. The fourth-order valence-electron chi connectivity index (χ4n) is 2.39. The van der Waals surface area contributed by atoms with Crippen LogP contribution in [0.2, 0.25) is 0 Å². The van der Waals surface area contributed by atoms with Crippen LogP contribution in [-0.4, -0.2) is 46.8 Å². The van der Waals surface area contributed by atoms with Crippen LogP contribution in [0.4, 0.5) is 0 Å². The van der Waals surface area contributed by atoms with Crippen molar-refractivity contribution in [2.45, 2.75) is 19.4 Å². The van der Waals surface area contributed by atoms with Crippen molar-refractivity contribution in [2.24, 2.45) is 0 Å². The Morgan fingerprint density at radius 2 is 2.04 bits per heavy atom. The number of hydrogen-bond donors (Lipinski definition) is 0. The molecular weight excluding hydrogens is 394 g/mol. The molecule has 1 aromatic carbocycles. The second-order valence-corrected chi connectivity index (χ2v) is 6.98. The molecule has 1 aliphatic heterocycles. The number of thiocarbonyl (C=S) groups is 1. The number of nitrogens with zero attached hydrogens (tertiary/aromatic N) is 1. The van der Waals surface area contributed by atoms with Crippen molar-refractivity contribution in [2.75, 3.05) is 13.7 Å². The van der Waals surface area contributed by atoms with Gasteiger partial charge in [-0.2, -0.15) is 0 Å². The SMILES string of the molecule is CCOc1ccc(/C=C2/SC(=S)N([C@H](CC(=O)[O-])C(=O)[O-])C2=O)cc1OC. The van der Waals surface area contributed by atoms with E-state index in [9.17, 15) is 24.6 Å². The molecule has 10 heteroatoms. The summed E-state index contributed by atoms with van der Waals surface area (Å²) < 4.78 is 10.6. The molecule has 1 fully saturated rings. The Morgan fingerprint density at radius 1 is 1.33 bits per heavy atom. The van der Waals surface area contributed by atoms with Crippen LogP contribution in [0.25, 0.3) is 6.08 Å². The summed E-state index contributed by atoms with van der Waals surface area (Å²) in [7, 11) is 1.48. The molecule has 2 rings (SSSR count). The van der Waals surface area contributed by atoms with Crippen molar-refractivity contribution in [3.8, 4) is 11.5 Å². The number of rotatable bonds is 8. The highest BCUT2D eigenvalue weighted by Gasteiger charge is 2.37. The van der Waals surface area contributed by atoms with Crippen LogP contribution < -0.4 is 19.7 Å². The first-order chi connectivity index (χ1) is 12.8. The highest BCUT2D eigenvalue weighted by Crippen LogP contribution is 2.36. The molecule has 1 atom stereocenters. The molecule has 0 spiro atoms. The highest BCUT2D eigenvalue weighted by molar-refractivity contribution is 8.26. The summed E-state index contributed by atoms with van der Waals surface area (Å²) in [4.78, 5) is 35.5. The summed E-state index contributed by atoms with van der Waals surface area (Å²) in [6.45, 7) is 2.29. The van der Waals surface area contributed by atoms with Gasteiger partial charge in [-0.1, -0.05) is 30.0 Å². The maximum absolute atomic E-state index is 12.6. The number of thioether (sulfide) groups is 1. The summed E-state index contributed by atoms with van der Waals surface area (Å²) in [5.74, 6) is -3.06. The normalized spacial score (nSPS) is 16.5. The van der Waals surface area contributed by atoms with Crippen molar-refractivity contribution in [3.05, 3.63) is 28.7 Å². The first-order valence-electron chi connectivity index (χ1n) is 7.77. The molecule has 27 heavy (non-hydrogen) atoms. The molecule has 1 heterocycles. The standard InChI is InChI=1S/C17H17NO7S2/c1-3-25-11-5-4-9(6-12(11)24-2)7-13-15(21)18(17(26)27-13)10(16(22)23)8-14(19)20/h4-7,10H,3,8H2,1-2H3,(H,19,20)(H,22,23)/p-2/b13-7+/t10-/m1/s1. The predicted molar refractivity (Wildman–Crippen MR) is 97.6 cm³/mol. The Kier molecular flexibility index (Phi) is 6.81. The summed E-state index contributed by atoms with van der Waals surface area (Å²) in [6.07, 6.45) is 0.585. The van der Waals surface area contributed by atoms with Gasteiger partial charge in [0.05, 0.1) is 30.6 Å². The minimum atomic E-state index is -1.73. The van der Waals surface area contributed by atoms with Gasteiger partial charge in [0.2, 0.25) is 0 Å². The largest absolute Gasteiger partial charge is 0.550 e. The second kappa shape index (κ2) is 8.87. The van der Waals surface area contributed by atoms with E-state index in [4.69, 9.17) is 21.7 Å². The molecule has 0 aliphatic carbocycles. The van der Waals surface area contributed by atoms with Crippen LogP contribution in [0.3, 0.4) is 0 Å². The lowest BCUT2D eigenvalue weighted by Crippen LogP contribution is -2.52. The number of carboxylic acid groups (broad SMARTS) is 2. The molecule has 0 N–H and O–H groups in total.